The number of nitrogens with two attached hydrogens (primary N) is 2. The van der Waals surface area contributed by atoms with Crippen LogP contribution in [0.4, 0.5) is 22.6 Å². The largest absolute Gasteiger partial charge is 0.480 e. The van der Waals surface area contributed by atoms with Crippen molar-refractivity contribution in [3.8, 4) is 55.6 Å². The molecule has 8 N–H and O–H groups in total. The van der Waals surface area contributed by atoms with E-state index >= 15 is 0 Å². The van der Waals surface area contributed by atoms with Gasteiger partial charge in [-0.1, -0.05) is 135 Å². The number of carbonyl (C=O) groups is 5. The van der Waals surface area contributed by atoms with Crippen LogP contribution in [0.25, 0.3) is 96.5 Å². The first-order chi connectivity index (χ1) is 56.6. The lowest BCUT2D eigenvalue weighted by Gasteiger charge is -2.38. The van der Waals surface area contributed by atoms with E-state index in [0.717, 1.165) is 59.8 Å². The number of benzene rings is 5. The highest BCUT2D eigenvalue weighted by Crippen LogP contribution is 2.38. The molecule has 634 valence electrons. The molecule has 0 unspecified atom stereocenters. The molecule has 2 aliphatic rings. The van der Waals surface area contributed by atoms with Gasteiger partial charge in [0.1, 0.15) is 67.3 Å². The number of nitrogens with one attached hydrogen (secondary N) is 3. The summed E-state index contributed by atoms with van der Waals surface area (Å²) < 4.78 is 52.8. The lowest BCUT2D eigenvalue weighted by molar-refractivity contribution is -0.166. The summed E-state index contributed by atoms with van der Waals surface area (Å²) in [6.07, 6.45) is 0. The van der Waals surface area contributed by atoms with E-state index < -0.39 is 43.4 Å². The van der Waals surface area contributed by atoms with Crippen molar-refractivity contribution in [2.45, 2.75) is 86.9 Å². The predicted molar refractivity (Wildman–Crippen MR) is 489 cm³/mol. The molecular formula is C82H74BrCl6F4N13O10S5. The number of H-pyrrole nitrogens is 1. The third-order valence-corrected chi connectivity index (χ3v) is 23.6. The minimum Gasteiger partial charge on any atom is -0.480 e. The number of rotatable bonds is 13. The number of amides is 1. The Morgan fingerprint density at radius 3 is 1.06 bits per heavy atom. The van der Waals surface area contributed by atoms with Gasteiger partial charge in [-0.05, 0) is 144 Å². The molecule has 0 saturated carbocycles. The van der Waals surface area contributed by atoms with Crippen LogP contribution in [0, 0.1) is 33.1 Å². The van der Waals surface area contributed by atoms with E-state index in [1.165, 1.54) is 98.1 Å². The SMILES string of the molecule is CC(=N)N.CC(=O)CBr.CC(=O)Cn1c(C)nc2scc(-c3ccc(Cl)cc3)c2c1=O.CC(=O)c1c(-c2ccc(Cl)cc2)csc1N.Cc1nc2scc(-c3ccc(Cl)cc3)c2c(=O)[nH]1.Cc1nc2scc(-c3ccc(Cl)cc3)c2c(=O)n1CC(=O)N1CC(F)(F)C1.Cc1nc2scc(-c3ccc(Cl)cc3)c2c(=O)n1CC(=O)O.Cl.FC1(F)CNC1. The minimum absolute atomic E-state index is 0. The molecule has 0 aliphatic carbocycles. The molecule has 14 aromatic rings. The molecule has 0 spiro atoms. The van der Waals surface area contributed by atoms with Crippen LogP contribution in [-0.4, -0.2) is 127 Å². The van der Waals surface area contributed by atoms with Gasteiger partial charge in [-0.2, -0.15) is 0 Å². The van der Waals surface area contributed by atoms with E-state index in [2.05, 4.69) is 46.2 Å². The summed E-state index contributed by atoms with van der Waals surface area (Å²) >= 11 is 39.4. The fourth-order valence-electron chi connectivity index (χ4n) is 11.5. The average molecular weight is 1930 g/mol. The summed E-state index contributed by atoms with van der Waals surface area (Å²) in [6, 6.07) is 36.4. The molecule has 0 radical (unpaired) electrons. The van der Waals surface area contributed by atoms with Gasteiger partial charge in [0.15, 0.2) is 5.78 Å². The lowest BCUT2D eigenvalue weighted by Crippen LogP contribution is -2.59. The van der Waals surface area contributed by atoms with Gasteiger partial charge >= 0.3 is 5.97 Å². The van der Waals surface area contributed by atoms with Crippen LogP contribution < -0.4 is 39.0 Å². The van der Waals surface area contributed by atoms with E-state index in [1.54, 1.807) is 88.4 Å². The van der Waals surface area contributed by atoms with Crippen molar-refractivity contribution in [3.05, 3.63) is 244 Å². The molecule has 2 aliphatic heterocycles. The summed E-state index contributed by atoms with van der Waals surface area (Å²) in [4.78, 5) is 130. The topological polar surface area (TPSA) is 347 Å². The number of aromatic nitrogens is 8. The molecule has 9 aromatic heterocycles. The zero-order chi connectivity index (χ0) is 87.9. The summed E-state index contributed by atoms with van der Waals surface area (Å²) in [7, 11) is 0. The maximum atomic E-state index is 13.0. The summed E-state index contributed by atoms with van der Waals surface area (Å²) in [6.45, 7) is 10.7. The Morgan fingerprint density at radius 1 is 0.488 bits per heavy atom. The van der Waals surface area contributed by atoms with Crippen molar-refractivity contribution in [3.63, 3.8) is 0 Å². The first-order valence-corrected chi connectivity index (χ1v) is 43.0. The third kappa shape index (κ3) is 25.5. The van der Waals surface area contributed by atoms with Crippen molar-refractivity contribution < 1.29 is 46.6 Å². The number of hydrogen-bond acceptors (Lipinski definition) is 21. The van der Waals surface area contributed by atoms with Gasteiger partial charge in [0.2, 0.25) is 5.91 Å². The second kappa shape index (κ2) is 42.9. The maximum absolute atomic E-state index is 13.0. The number of amidine groups is 1. The quantitative estimate of drug-likeness (QED) is 0.0205. The van der Waals surface area contributed by atoms with E-state index in [1.807, 2.05) is 87.6 Å². The predicted octanol–water partition coefficient (Wildman–Crippen LogP) is 19.4. The molecule has 2 saturated heterocycles. The summed E-state index contributed by atoms with van der Waals surface area (Å²) in [5.41, 5.74) is 18.7. The highest BCUT2D eigenvalue weighted by molar-refractivity contribution is 9.09. The van der Waals surface area contributed by atoms with E-state index in [4.69, 9.17) is 80.0 Å². The number of carbonyl (C=O) groups excluding carboxylic acids is 4. The van der Waals surface area contributed by atoms with Gasteiger partial charge < -0.3 is 31.8 Å². The summed E-state index contributed by atoms with van der Waals surface area (Å²) in [5, 5.41) is 33.4. The number of carboxylic acids is 1. The highest BCUT2D eigenvalue weighted by atomic mass is 79.9. The van der Waals surface area contributed by atoms with Gasteiger partial charge in [0, 0.05) is 79.8 Å². The zero-order valence-corrected chi connectivity index (χ0v) is 75.4. The molecule has 11 heterocycles. The fourth-order valence-corrected chi connectivity index (χ4v) is 17.0. The Bertz CT molecular complexity index is 6230. The Morgan fingerprint density at radius 2 is 0.777 bits per heavy atom. The van der Waals surface area contributed by atoms with Crippen molar-refractivity contribution in [2.24, 2.45) is 5.73 Å². The Balaban J connectivity index is 0.000000181. The number of aryl methyl sites for hydroxylation is 4. The maximum Gasteiger partial charge on any atom is 0.323 e. The van der Waals surface area contributed by atoms with Crippen LogP contribution in [0.15, 0.2) is 167 Å². The van der Waals surface area contributed by atoms with Crippen LogP contribution in [0.2, 0.25) is 25.1 Å². The highest BCUT2D eigenvalue weighted by Gasteiger charge is 2.46. The number of hydrogen-bond donors (Lipinski definition) is 6. The van der Waals surface area contributed by atoms with Crippen LogP contribution in [-0.2, 0) is 38.8 Å². The van der Waals surface area contributed by atoms with E-state index in [9.17, 15) is 60.7 Å². The van der Waals surface area contributed by atoms with Crippen LogP contribution in [0.1, 0.15) is 61.4 Å². The second-order valence-electron chi connectivity index (χ2n) is 26.8. The number of ketones is 3. The van der Waals surface area contributed by atoms with Crippen LogP contribution >= 0.6 is 143 Å². The third-order valence-electron chi connectivity index (χ3n) is 17.3. The first kappa shape index (κ1) is 96.7. The molecule has 0 atom stereocenters. The number of carboxylic acid groups (broad SMARTS) is 1. The molecule has 0 bridgehead atoms. The van der Waals surface area contributed by atoms with Crippen molar-refractivity contribution >= 4 is 224 Å². The monoisotopic (exact) mass is 1930 g/mol. The Labute approximate surface area is 747 Å². The van der Waals surface area contributed by atoms with E-state index in [-0.39, 0.29) is 84.0 Å². The van der Waals surface area contributed by atoms with Gasteiger partial charge in [0.05, 0.1) is 76.0 Å². The normalized spacial score (nSPS) is 12.5. The molecule has 39 heteroatoms. The van der Waals surface area contributed by atoms with Crippen molar-refractivity contribution in [1.82, 2.24) is 48.8 Å². The number of anilines is 1. The minimum atomic E-state index is -2.84. The van der Waals surface area contributed by atoms with Gasteiger partial charge in [-0.15, -0.1) is 69.1 Å². The zero-order valence-electron chi connectivity index (χ0n) is 65.2. The van der Waals surface area contributed by atoms with E-state index in [0.29, 0.717) is 106 Å². The number of alkyl halides is 5. The number of halogens is 11. The number of aromatic amines is 1. The van der Waals surface area contributed by atoms with Crippen LogP contribution in [0.3, 0.4) is 0 Å². The van der Waals surface area contributed by atoms with Crippen LogP contribution in [0.5, 0.6) is 0 Å². The van der Waals surface area contributed by atoms with Gasteiger partial charge in [-0.3, -0.25) is 62.3 Å². The molecule has 121 heavy (non-hydrogen) atoms. The van der Waals surface area contributed by atoms with Gasteiger partial charge in [0.25, 0.3) is 34.1 Å². The first-order valence-electron chi connectivity index (χ1n) is 35.6. The second-order valence-corrected chi connectivity index (χ2v) is 33.9. The molecule has 5 aromatic carbocycles. The molecule has 2 fully saturated rings. The van der Waals surface area contributed by atoms with Gasteiger partial charge in [-0.25, -0.2) is 37.5 Å². The lowest BCUT2D eigenvalue weighted by atomic mass is 10.0. The standard InChI is InChI=1S/C18H14ClF2N3O2S.C16H13ClN2O2S.C15H11ClN2O3S.C13H9ClN2OS.C12H10ClNOS.C3H5BrO.C3H5F2N.C2H6N2.ClH/c1-10-22-16-15(13(7-27-16)11-2-4-12(19)5-3-11)17(26)24(10)6-14(25)23-8-18(20,21)9-23;1-9(20)7-19-10(2)18-15-14(16(19)21)13(8-22-15)11-3-5-12(17)6-4-11;1-8-17-14-13(15(21)18(8)6-12(19)20)11(7-22-14)9-2-4-10(16)5-3-9;1-7-15-12(17)11-10(6-18-13(11)16-7)8-2-4-9(14)5-3-8;1-7(15)11-10(6-16-12(11)14)8-2-4-9(13)5-3-8;1-3(5)2-4;4-3(5)1-6-2-3;1-2(3)4;/h2-5,7H,6,8-9H2,1H3;3-6,8H,7H2,1-2H3;2-5,7H,6H2,1H3,(H,19,20);2-6H,1H3,(H,15,16,17);2-6H,14H2,1H3;2H2,1H3;6H,1-2H2;1H3,(H3,3,4);1H. The number of fused-ring (bicyclic) bond motifs is 4. The number of aliphatic carboxylic acids is 1. The molecular weight excluding hydrogens is 1860 g/mol. The smallest absolute Gasteiger partial charge is 0.323 e. The summed E-state index contributed by atoms with van der Waals surface area (Å²) in [5.74, 6) is -4.61. The number of likely N-dealkylation sites (tertiary alicyclic amines) is 1. The molecule has 16 rings (SSSR count). The number of nitrogen functional groups attached to an aromatic ring is 1. The number of Topliss-reactive ketones (excluding diaryl/α,β-unsaturated/α-hetero) is 3. The Hall–Kier alpha value is -9.72. The number of nitrogens with zero attached hydrogens (tertiary/aromatic N) is 8. The Kier molecular flexibility index (Phi) is 34.3. The molecule has 23 nitrogen and oxygen atoms in total. The average Bonchev–Trinajstić information content (AvgIpc) is 1.66. The molecule has 1 amide bonds. The fraction of sp³-hybridized carbons (Fsp3) is 0.220. The number of thiophene rings is 5. The van der Waals surface area contributed by atoms with Crippen molar-refractivity contribution in [2.75, 3.05) is 37.2 Å². The van der Waals surface area contributed by atoms with Crippen molar-refractivity contribution in [1.29, 1.82) is 5.41 Å².